The first kappa shape index (κ1) is 13.9. The van der Waals surface area contributed by atoms with Crippen molar-refractivity contribution in [2.45, 2.75) is 26.7 Å². The van der Waals surface area contributed by atoms with E-state index in [0.717, 1.165) is 0 Å². The molecule has 2 N–H and O–H groups in total. The molecule has 1 unspecified atom stereocenters. The maximum Gasteiger partial charge on any atom is 0.342 e. The molecule has 0 saturated carbocycles. The summed E-state index contributed by atoms with van der Waals surface area (Å²) in [5.41, 5.74) is -1.71. The van der Waals surface area contributed by atoms with E-state index in [1.807, 2.05) is 0 Å². The van der Waals surface area contributed by atoms with Gasteiger partial charge in [0.15, 0.2) is 0 Å². The van der Waals surface area contributed by atoms with Crippen molar-refractivity contribution >= 4 is 23.9 Å². The Labute approximate surface area is 102 Å². The fraction of sp³-hybridized carbons (Fsp3) is 0.455. The number of aliphatic carboxylic acids is 2. The lowest BCUT2D eigenvalue weighted by Gasteiger charge is -2.22. The molecule has 0 radical (unpaired) electrons. The van der Waals surface area contributed by atoms with E-state index in [1.165, 1.54) is 13.8 Å². The standard InChI is InChI=1S/C11H12O7/c1-5-6(9(15)18-8(5)14)3-11(2,10(16)17)4-7(12)13/h3-4H2,1-2H3,(H,12,13)(H,16,17). The van der Waals surface area contributed by atoms with E-state index in [9.17, 15) is 19.2 Å². The molecule has 0 saturated heterocycles. The molecule has 1 aliphatic rings. The zero-order valence-electron chi connectivity index (χ0n) is 9.85. The molecule has 0 aromatic rings. The Bertz CT molecular complexity index is 474. The Balaban J connectivity index is 3.06. The van der Waals surface area contributed by atoms with E-state index in [0.29, 0.717) is 0 Å². The lowest BCUT2D eigenvalue weighted by atomic mass is 9.80. The van der Waals surface area contributed by atoms with Gasteiger partial charge >= 0.3 is 23.9 Å². The highest BCUT2D eigenvalue weighted by molar-refractivity contribution is 6.12. The van der Waals surface area contributed by atoms with Crippen molar-refractivity contribution in [3.8, 4) is 0 Å². The first-order chi connectivity index (χ1) is 8.17. The van der Waals surface area contributed by atoms with E-state index in [4.69, 9.17) is 10.2 Å². The molecule has 18 heavy (non-hydrogen) atoms. The fourth-order valence-corrected chi connectivity index (χ4v) is 1.64. The maximum absolute atomic E-state index is 11.3. The van der Waals surface area contributed by atoms with Crippen LogP contribution in [0.3, 0.4) is 0 Å². The molecule has 1 heterocycles. The Morgan fingerprint density at radius 2 is 1.78 bits per heavy atom. The summed E-state index contributed by atoms with van der Waals surface area (Å²) in [5, 5.41) is 17.8. The van der Waals surface area contributed by atoms with Gasteiger partial charge in [-0.25, -0.2) is 9.59 Å². The molecule has 0 aliphatic carbocycles. The Kier molecular flexibility index (Phi) is 3.54. The zero-order chi connectivity index (χ0) is 14.1. The number of ether oxygens (including phenoxy) is 1. The van der Waals surface area contributed by atoms with Gasteiger partial charge in [-0.1, -0.05) is 0 Å². The quantitative estimate of drug-likeness (QED) is 0.537. The second kappa shape index (κ2) is 4.59. The van der Waals surface area contributed by atoms with Crippen LogP contribution < -0.4 is 0 Å². The monoisotopic (exact) mass is 256 g/mol. The third-order valence-electron chi connectivity index (χ3n) is 2.82. The molecule has 0 spiro atoms. The van der Waals surface area contributed by atoms with Crippen LogP contribution in [0.2, 0.25) is 0 Å². The van der Waals surface area contributed by atoms with Crippen molar-refractivity contribution in [2.24, 2.45) is 5.41 Å². The molecule has 0 aromatic heterocycles. The summed E-state index contributed by atoms with van der Waals surface area (Å²) in [6.07, 6.45) is -1.01. The van der Waals surface area contributed by atoms with Crippen LogP contribution in [0.1, 0.15) is 26.7 Å². The Morgan fingerprint density at radius 3 is 2.11 bits per heavy atom. The van der Waals surface area contributed by atoms with Gasteiger partial charge in [-0.05, 0) is 20.3 Å². The van der Waals surface area contributed by atoms with Crippen LogP contribution in [-0.4, -0.2) is 34.1 Å². The topological polar surface area (TPSA) is 118 Å². The highest BCUT2D eigenvalue weighted by Gasteiger charge is 2.41. The third-order valence-corrected chi connectivity index (χ3v) is 2.82. The number of carbonyl (C=O) groups is 4. The Hall–Kier alpha value is -2.18. The molecule has 0 bridgehead atoms. The van der Waals surface area contributed by atoms with E-state index in [1.54, 1.807) is 0 Å². The summed E-state index contributed by atoms with van der Waals surface area (Å²) in [5.74, 6) is -4.37. The van der Waals surface area contributed by atoms with Gasteiger partial charge in [0, 0.05) is 11.1 Å². The number of hydrogen-bond donors (Lipinski definition) is 2. The van der Waals surface area contributed by atoms with E-state index in [-0.39, 0.29) is 17.6 Å². The van der Waals surface area contributed by atoms with Crippen molar-refractivity contribution in [1.82, 2.24) is 0 Å². The summed E-state index contributed by atoms with van der Waals surface area (Å²) < 4.78 is 4.32. The van der Waals surface area contributed by atoms with Gasteiger partial charge in [0.2, 0.25) is 0 Å². The predicted molar refractivity (Wildman–Crippen MR) is 56.4 cm³/mol. The second-order valence-electron chi connectivity index (χ2n) is 4.39. The lowest BCUT2D eigenvalue weighted by Crippen LogP contribution is -2.31. The normalized spacial score (nSPS) is 18.6. The summed E-state index contributed by atoms with van der Waals surface area (Å²) in [4.78, 5) is 44.2. The molecule has 1 aliphatic heterocycles. The van der Waals surface area contributed by atoms with Crippen molar-refractivity contribution in [1.29, 1.82) is 0 Å². The number of carboxylic acid groups (broad SMARTS) is 2. The van der Waals surface area contributed by atoms with E-state index < -0.39 is 35.7 Å². The molecule has 0 amide bonds. The van der Waals surface area contributed by atoms with Gasteiger partial charge in [-0.2, -0.15) is 0 Å². The van der Waals surface area contributed by atoms with Crippen molar-refractivity contribution in [3.05, 3.63) is 11.1 Å². The van der Waals surface area contributed by atoms with Gasteiger partial charge in [-0.3, -0.25) is 9.59 Å². The van der Waals surface area contributed by atoms with E-state index in [2.05, 4.69) is 4.74 Å². The van der Waals surface area contributed by atoms with Crippen LogP contribution in [0.5, 0.6) is 0 Å². The fourth-order valence-electron chi connectivity index (χ4n) is 1.64. The first-order valence-electron chi connectivity index (χ1n) is 5.09. The molecular formula is C11H12O7. The summed E-state index contributed by atoms with van der Waals surface area (Å²) >= 11 is 0. The smallest absolute Gasteiger partial charge is 0.342 e. The van der Waals surface area contributed by atoms with Crippen LogP contribution in [0.25, 0.3) is 0 Å². The van der Waals surface area contributed by atoms with Gasteiger partial charge in [0.25, 0.3) is 0 Å². The summed E-state index contributed by atoms with van der Waals surface area (Å²) in [7, 11) is 0. The number of cyclic esters (lactones) is 2. The number of rotatable bonds is 5. The average molecular weight is 256 g/mol. The number of hydrogen-bond acceptors (Lipinski definition) is 5. The van der Waals surface area contributed by atoms with Crippen molar-refractivity contribution in [2.75, 3.05) is 0 Å². The maximum atomic E-state index is 11.3. The number of carbonyl (C=O) groups excluding carboxylic acids is 2. The molecule has 0 aromatic carbocycles. The highest BCUT2D eigenvalue weighted by Crippen LogP contribution is 2.34. The van der Waals surface area contributed by atoms with Gasteiger partial charge < -0.3 is 14.9 Å². The molecule has 7 nitrogen and oxygen atoms in total. The molecule has 1 rings (SSSR count). The van der Waals surface area contributed by atoms with Crippen molar-refractivity contribution in [3.63, 3.8) is 0 Å². The minimum atomic E-state index is -1.66. The minimum Gasteiger partial charge on any atom is -0.481 e. The number of carboxylic acids is 2. The van der Waals surface area contributed by atoms with Gasteiger partial charge in [0.1, 0.15) is 0 Å². The van der Waals surface area contributed by atoms with Crippen LogP contribution in [0.15, 0.2) is 11.1 Å². The van der Waals surface area contributed by atoms with Crippen molar-refractivity contribution < 1.29 is 34.1 Å². The third kappa shape index (κ3) is 2.55. The van der Waals surface area contributed by atoms with Gasteiger partial charge in [0.05, 0.1) is 11.8 Å². The number of esters is 2. The van der Waals surface area contributed by atoms with Crippen LogP contribution in [0.4, 0.5) is 0 Å². The lowest BCUT2D eigenvalue weighted by molar-refractivity contribution is -0.155. The highest BCUT2D eigenvalue weighted by atomic mass is 16.6. The largest absolute Gasteiger partial charge is 0.481 e. The average Bonchev–Trinajstić information content (AvgIpc) is 2.44. The second-order valence-corrected chi connectivity index (χ2v) is 4.39. The summed E-state index contributed by atoms with van der Waals surface area (Å²) in [6.45, 7) is 2.55. The minimum absolute atomic E-state index is 0.0258. The van der Waals surface area contributed by atoms with Gasteiger partial charge in [-0.15, -0.1) is 0 Å². The predicted octanol–water partition coefficient (Wildman–Crippen LogP) is 0.342. The molecule has 7 heteroatoms. The van der Waals surface area contributed by atoms with Crippen LogP contribution in [0, 0.1) is 5.41 Å². The Morgan fingerprint density at radius 1 is 1.22 bits per heavy atom. The molecule has 98 valence electrons. The molecular weight excluding hydrogens is 244 g/mol. The van der Waals surface area contributed by atoms with Crippen LogP contribution in [-0.2, 0) is 23.9 Å². The first-order valence-corrected chi connectivity index (χ1v) is 5.09. The van der Waals surface area contributed by atoms with E-state index >= 15 is 0 Å². The molecule has 0 fully saturated rings. The molecule has 1 atom stereocenters. The SMILES string of the molecule is CC1=C(CC(C)(CC(=O)O)C(=O)O)C(=O)OC1=O. The van der Waals surface area contributed by atoms with Crippen LogP contribution >= 0.6 is 0 Å². The zero-order valence-corrected chi connectivity index (χ0v) is 9.85. The summed E-state index contributed by atoms with van der Waals surface area (Å²) in [6, 6.07) is 0.